The molecule has 0 spiro atoms. The normalized spacial score (nSPS) is 20.3. The second kappa shape index (κ2) is 9.05. The minimum Gasteiger partial charge on any atom is -0.371 e. The zero-order valence-electron chi connectivity index (χ0n) is 20.6. The van der Waals surface area contributed by atoms with Crippen LogP contribution in [0.5, 0.6) is 0 Å². The van der Waals surface area contributed by atoms with Gasteiger partial charge in [0.15, 0.2) is 5.84 Å². The summed E-state index contributed by atoms with van der Waals surface area (Å²) in [5, 5.41) is 20.8. The van der Waals surface area contributed by atoms with Crippen molar-refractivity contribution in [3.05, 3.63) is 71.5 Å². The second-order valence-electron chi connectivity index (χ2n) is 9.88. The zero-order chi connectivity index (χ0) is 24.6. The van der Waals surface area contributed by atoms with Gasteiger partial charge in [0, 0.05) is 63.1 Å². The Morgan fingerprint density at radius 3 is 2.66 bits per heavy atom. The lowest BCUT2D eigenvalue weighted by molar-refractivity contribution is 0.356. The van der Waals surface area contributed by atoms with E-state index in [-0.39, 0.29) is 5.41 Å². The fourth-order valence-corrected chi connectivity index (χ4v) is 5.42. The number of nitrogens with zero attached hydrogens (tertiary/aromatic N) is 6. The first-order valence-corrected chi connectivity index (χ1v) is 12.0. The van der Waals surface area contributed by atoms with Crippen LogP contribution < -0.4 is 15.1 Å². The van der Waals surface area contributed by atoms with Crippen LogP contribution >= 0.6 is 0 Å². The fourth-order valence-electron chi connectivity index (χ4n) is 5.42. The van der Waals surface area contributed by atoms with Gasteiger partial charge in [-0.15, -0.1) is 5.10 Å². The maximum atomic E-state index is 9.14. The summed E-state index contributed by atoms with van der Waals surface area (Å²) in [5.41, 5.74) is 7.70. The van der Waals surface area contributed by atoms with Crippen LogP contribution in [0.3, 0.4) is 0 Å². The molecule has 1 fully saturated rings. The van der Waals surface area contributed by atoms with Crippen LogP contribution in [-0.2, 0) is 6.54 Å². The van der Waals surface area contributed by atoms with Crippen molar-refractivity contribution in [2.75, 3.05) is 43.5 Å². The maximum absolute atomic E-state index is 9.14. The molecule has 178 valence electrons. The van der Waals surface area contributed by atoms with Crippen molar-refractivity contribution in [1.82, 2.24) is 9.88 Å². The van der Waals surface area contributed by atoms with E-state index in [0.29, 0.717) is 5.56 Å². The van der Waals surface area contributed by atoms with Crippen molar-refractivity contribution in [3.8, 4) is 17.2 Å². The molecule has 2 aliphatic heterocycles. The summed E-state index contributed by atoms with van der Waals surface area (Å²) < 4.78 is 2.23. The minimum atomic E-state index is 0.289. The summed E-state index contributed by atoms with van der Waals surface area (Å²) in [6.07, 6.45) is 3.34. The summed E-state index contributed by atoms with van der Waals surface area (Å²) in [4.78, 5) is 4.60. The molecule has 1 saturated heterocycles. The topological polar surface area (TPSA) is 71.9 Å². The van der Waals surface area contributed by atoms with Crippen LogP contribution in [0, 0.1) is 16.7 Å². The molecule has 2 aliphatic rings. The molecule has 3 heterocycles. The number of aromatic nitrogens is 1. The van der Waals surface area contributed by atoms with Gasteiger partial charge in [0.05, 0.1) is 17.3 Å². The summed E-state index contributed by atoms with van der Waals surface area (Å²) in [5.74, 6) is 0.758. The molecule has 0 radical (unpaired) electrons. The number of hydrogen-bond acceptors (Lipinski definition) is 5. The van der Waals surface area contributed by atoms with Crippen molar-refractivity contribution in [2.45, 2.75) is 19.9 Å². The summed E-state index contributed by atoms with van der Waals surface area (Å²) in [6.45, 7) is 9.85. The predicted molar refractivity (Wildman–Crippen MR) is 143 cm³/mol. The average Bonchev–Trinajstić information content (AvgIpc) is 3.44. The highest BCUT2D eigenvalue weighted by atomic mass is 15.3. The Balaban J connectivity index is 1.53. The molecule has 7 nitrogen and oxygen atoms in total. The molecule has 0 bridgehead atoms. The van der Waals surface area contributed by atoms with E-state index in [0.717, 1.165) is 54.5 Å². The molecule has 0 amide bonds. The zero-order valence-corrected chi connectivity index (χ0v) is 20.6. The Labute approximate surface area is 207 Å². The van der Waals surface area contributed by atoms with Crippen molar-refractivity contribution in [1.29, 1.82) is 5.26 Å². The van der Waals surface area contributed by atoms with Crippen LogP contribution in [0.1, 0.15) is 30.2 Å². The molecule has 1 unspecified atom stereocenters. The summed E-state index contributed by atoms with van der Waals surface area (Å²) in [7, 11) is 4.07. The van der Waals surface area contributed by atoms with E-state index in [4.69, 9.17) is 5.26 Å². The summed E-state index contributed by atoms with van der Waals surface area (Å²) >= 11 is 0. The van der Waals surface area contributed by atoms with Gasteiger partial charge in [-0.1, -0.05) is 19.1 Å². The van der Waals surface area contributed by atoms with E-state index >= 15 is 0 Å². The standard InChI is InChI=1S/C28H31N7/c1-28(18-30-2)11-12-34(19-28)24-9-10-25-23(13-24)17-35-16-22(21-7-5-20(15-29)6-8-21)14-26(35)27(32-31-3)33(25)4/h5-10,13-14,16,30H,3,11-12,17-19H2,1-2,4H3/b32-27-. The molecule has 7 heteroatoms. The van der Waals surface area contributed by atoms with Crippen molar-refractivity contribution in [2.24, 2.45) is 15.6 Å². The SMILES string of the molecule is C=N/N=C1/c2cc(-c3ccc(C#N)cc3)cn2Cc2cc(N3CCC(C)(CNC)C3)ccc2N1C. The molecule has 1 atom stereocenters. The smallest absolute Gasteiger partial charge is 0.179 e. The van der Waals surface area contributed by atoms with Gasteiger partial charge in [0.25, 0.3) is 0 Å². The number of fused-ring (bicyclic) bond motifs is 2. The van der Waals surface area contributed by atoms with Gasteiger partial charge in [-0.3, -0.25) is 0 Å². The molecule has 0 aliphatic carbocycles. The van der Waals surface area contributed by atoms with Gasteiger partial charge in [-0.05, 0) is 66.4 Å². The van der Waals surface area contributed by atoms with Crippen molar-refractivity contribution < 1.29 is 0 Å². The quantitative estimate of drug-likeness (QED) is 0.450. The molecule has 35 heavy (non-hydrogen) atoms. The van der Waals surface area contributed by atoms with Crippen LogP contribution in [0.2, 0.25) is 0 Å². The minimum absolute atomic E-state index is 0.289. The largest absolute Gasteiger partial charge is 0.371 e. The van der Waals surface area contributed by atoms with Gasteiger partial charge in [0.1, 0.15) is 0 Å². The van der Waals surface area contributed by atoms with E-state index in [9.17, 15) is 0 Å². The molecule has 2 aromatic carbocycles. The molecular formula is C28H31N7. The first-order valence-electron chi connectivity index (χ1n) is 12.0. The van der Waals surface area contributed by atoms with Gasteiger partial charge in [-0.2, -0.15) is 10.4 Å². The van der Waals surface area contributed by atoms with Gasteiger partial charge in [0.2, 0.25) is 0 Å². The van der Waals surface area contributed by atoms with Gasteiger partial charge >= 0.3 is 0 Å². The van der Waals surface area contributed by atoms with Crippen LogP contribution in [-0.4, -0.2) is 50.8 Å². The Hall–Kier alpha value is -3.89. The lowest BCUT2D eigenvalue weighted by atomic mass is 9.90. The number of nitriles is 1. The third-order valence-electron chi connectivity index (χ3n) is 7.25. The number of benzene rings is 2. The lowest BCUT2D eigenvalue weighted by Gasteiger charge is -2.26. The Morgan fingerprint density at radius 2 is 1.94 bits per heavy atom. The molecular weight excluding hydrogens is 434 g/mol. The molecule has 0 saturated carbocycles. The average molecular weight is 466 g/mol. The number of amidine groups is 1. The third-order valence-corrected chi connectivity index (χ3v) is 7.25. The Bertz CT molecular complexity index is 1330. The molecule has 3 aromatic rings. The molecule has 5 rings (SSSR count). The van der Waals surface area contributed by atoms with E-state index in [1.54, 1.807) is 0 Å². The highest BCUT2D eigenvalue weighted by Gasteiger charge is 2.34. The number of rotatable bonds is 5. The predicted octanol–water partition coefficient (Wildman–Crippen LogP) is 4.32. The Morgan fingerprint density at radius 1 is 1.14 bits per heavy atom. The fraction of sp³-hybridized carbons (Fsp3) is 0.321. The molecule has 1 N–H and O–H groups in total. The first-order chi connectivity index (χ1) is 16.9. The van der Waals surface area contributed by atoms with Gasteiger partial charge < -0.3 is 19.7 Å². The monoisotopic (exact) mass is 465 g/mol. The third kappa shape index (κ3) is 4.22. The van der Waals surface area contributed by atoms with Crippen LogP contribution in [0.15, 0.2) is 64.9 Å². The van der Waals surface area contributed by atoms with Crippen LogP contribution in [0.25, 0.3) is 11.1 Å². The Kier molecular flexibility index (Phi) is 5.91. The highest BCUT2D eigenvalue weighted by Crippen LogP contribution is 2.37. The first kappa shape index (κ1) is 22.9. The maximum Gasteiger partial charge on any atom is 0.179 e. The van der Waals surface area contributed by atoms with Crippen LogP contribution in [0.4, 0.5) is 11.4 Å². The van der Waals surface area contributed by atoms with E-state index in [1.165, 1.54) is 17.7 Å². The lowest BCUT2D eigenvalue weighted by Crippen LogP contribution is -2.33. The molecule has 1 aromatic heterocycles. The van der Waals surface area contributed by atoms with E-state index < -0.39 is 0 Å². The highest BCUT2D eigenvalue weighted by molar-refractivity contribution is 6.10. The van der Waals surface area contributed by atoms with E-state index in [1.807, 2.05) is 38.4 Å². The number of anilines is 2. The van der Waals surface area contributed by atoms with Crippen molar-refractivity contribution in [3.63, 3.8) is 0 Å². The number of hydrogen-bond donors (Lipinski definition) is 1. The number of nitrogens with one attached hydrogen (secondary N) is 1. The summed E-state index contributed by atoms with van der Waals surface area (Å²) in [6, 6.07) is 18.8. The van der Waals surface area contributed by atoms with Crippen molar-refractivity contribution >= 4 is 23.9 Å². The van der Waals surface area contributed by atoms with E-state index in [2.05, 4.69) is 80.1 Å². The van der Waals surface area contributed by atoms with Gasteiger partial charge in [-0.25, -0.2) is 0 Å². The second-order valence-corrected chi connectivity index (χ2v) is 9.88.